The number of amides is 1. The summed E-state index contributed by atoms with van der Waals surface area (Å²) in [6, 6.07) is 10.3. The number of fused-ring (bicyclic) bond motifs is 1. The van der Waals surface area contributed by atoms with Crippen molar-refractivity contribution in [2.75, 3.05) is 5.32 Å². The van der Waals surface area contributed by atoms with Crippen LogP contribution in [0.15, 0.2) is 47.3 Å². The van der Waals surface area contributed by atoms with Crippen LogP contribution in [0.5, 0.6) is 0 Å². The van der Waals surface area contributed by atoms with Crippen molar-refractivity contribution >= 4 is 22.5 Å². The lowest BCUT2D eigenvalue weighted by Crippen LogP contribution is -2.15. The third-order valence-electron chi connectivity index (χ3n) is 3.72. The summed E-state index contributed by atoms with van der Waals surface area (Å²) in [4.78, 5) is 31.8. The van der Waals surface area contributed by atoms with Gasteiger partial charge in [-0.3, -0.25) is 9.59 Å². The normalized spacial score (nSPS) is 11.0. The van der Waals surface area contributed by atoms with Crippen molar-refractivity contribution < 1.29 is 9.18 Å². The molecule has 0 aliphatic heterocycles. The number of hydrogen-bond donors (Lipinski definition) is 2. The Morgan fingerprint density at radius 1 is 1.20 bits per heavy atom. The second-order valence-electron chi connectivity index (χ2n) is 6.30. The van der Waals surface area contributed by atoms with Gasteiger partial charge in [-0.15, -0.1) is 0 Å². The van der Waals surface area contributed by atoms with Gasteiger partial charge >= 0.3 is 0 Å². The average Bonchev–Trinajstić information content (AvgIpc) is 2.56. The number of hydrogen-bond acceptors (Lipinski definition) is 3. The molecule has 5 nitrogen and oxygen atoms in total. The fourth-order valence-electron chi connectivity index (χ4n) is 2.55. The van der Waals surface area contributed by atoms with Gasteiger partial charge in [0, 0.05) is 17.7 Å². The Bertz CT molecular complexity index is 978. The molecule has 1 amide bonds. The fourth-order valence-corrected chi connectivity index (χ4v) is 2.55. The predicted molar refractivity (Wildman–Crippen MR) is 95.3 cm³/mol. The maximum atomic E-state index is 12.9. The number of aromatic amines is 1. The van der Waals surface area contributed by atoms with E-state index in [1.807, 2.05) is 13.8 Å². The summed E-state index contributed by atoms with van der Waals surface area (Å²) in [6.45, 7) is 4.08. The van der Waals surface area contributed by atoms with E-state index in [2.05, 4.69) is 15.3 Å². The van der Waals surface area contributed by atoms with Crippen molar-refractivity contribution in [2.45, 2.75) is 20.3 Å². The highest BCUT2D eigenvalue weighted by atomic mass is 19.1. The van der Waals surface area contributed by atoms with Crippen molar-refractivity contribution in [1.29, 1.82) is 0 Å². The van der Waals surface area contributed by atoms with Crippen LogP contribution in [-0.4, -0.2) is 15.9 Å². The molecule has 2 aromatic carbocycles. The minimum Gasteiger partial charge on any atom is -0.322 e. The number of benzene rings is 2. The number of nitrogens with zero attached hydrogens (tertiary/aromatic N) is 1. The maximum absolute atomic E-state index is 12.9. The SMILES string of the molecule is CC(C)Cc1nc2cc(C(=O)Nc3ccc(F)cc3)ccc2c(=O)[nH]1. The molecule has 0 fully saturated rings. The number of carbonyl (C=O) groups excluding carboxylic acids is 1. The Hall–Kier alpha value is -3.02. The van der Waals surface area contributed by atoms with E-state index in [0.717, 1.165) is 0 Å². The van der Waals surface area contributed by atoms with Gasteiger partial charge in [0.2, 0.25) is 0 Å². The van der Waals surface area contributed by atoms with E-state index in [1.54, 1.807) is 18.2 Å². The van der Waals surface area contributed by atoms with Crippen molar-refractivity contribution in [2.24, 2.45) is 5.92 Å². The Kier molecular flexibility index (Phi) is 4.61. The third kappa shape index (κ3) is 3.91. The number of aromatic nitrogens is 2. The smallest absolute Gasteiger partial charge is 0.258 e. The second-order valence-corrected chi connectivity index (χ2v) is 6.30. The fraction of sp³-hybridized carbons (Fsp3) is 0.211. The minimum atomic E-state index is -0.371. The number of H-pyrrole nitrogens is 1. The van der Waals surface area contributed by atoms with E-state index in [0.29, 0.717) is 40.3 Å². The summed E-state index contributed by atoms with van der Waals surface area (Å²) < 4.78 is 12.9. The summed E-state index contributed by atoms with van der Waals surface area (Å²) >= 11 is 0. The molecule has 3 rings (SSSR count). The molecule has 25 heavy (non-hydrogen) atoms. The van der Waals surface area contributed by atoms with Crippen LogP contribution in [0.3, 0.4) is 0 Å². The van der Waals surface area contributed by atoms with Gasteiger partial charge in [-0.05, 0) is 48.4 Å². The molecule has 0 atom stereocenters. The standard InChI is InChI=1S/C19H18FN3O2/c1-11(2)9-17-22-16-10-12(3-8-15(16)19(25)23-17)18(24)21-14-6-4-13(20)5-7-14/h3-8,10-11H,9H2,1-2H3,(H,21,24)(H,22,23,25). The molecule has 2 N–H and O–H groups in total. The summed E-state index contributed by atoms with van der Waals surface area (Å²) in [5, 5.41) is 3.13. The zero-order chi connectivity index (χ0) is 18.0. The Morgan fingerprint density at radius 2 is 1.92 bits per heavy atom. The summed E-state index contributed by atoms with van der Waals surface area (Å²) in [5.41, 5.74) is 1.13. The highest BCUT2D eigenvalue weighted by Crippen LogP contribution is 2.15. The van der Waals surface area contributed by atoms with E-state index in [1.165, 1.54) is 24.3 Å². The molecule has 0 aliphatic carbocycles. The van der Waals surface area contributed by atoms with Gasteiger partial charge in [-0.1, -0.05) is 13.8 Å². The molecule has 0 bridgehead atoms. The molecule has 0 unspecified atom stereocenters. The maximum Gasteiger partial charge on any atom is 0.258 e. The number of carbonyl (C=O) groups is 1. The van der Waals surface area contributed by atoms with E-state index in [-0.39, 0.29) is 17.3 Å². The lowest BCUT2D eigenvalue weighted by atomic mass is 10.1. The Balaban J connectivity index is 1.92. The van der Waals surface area contributed by atoms with Crippen LogP contribution >= 0.6 is 0 Å². The zero-order valence-corrected chi connectivity index (χ0v) is 14.0. The monoisotopic (exact) mass is 339 g/mol. The quantitative estimate of drug-likeness (QED) is 0.764. The van der Waals surface area contributed by atoms with Crippen LogP contribution < -0.4 is 10.9 Å². The predicted octanol–water partition coefficient (Wildman–Crippen LogP) is 3.51. The van der Waals surface area contributed by atoms with Crippen LogP contribution in [0.1, 0.15) is 30.0 Å². The molecule has 1 aromatic heterocycles. The van der Waals surface area contributed by atoms with Gasteiger partial charge in [0.15, 0.2) is 0 Å². The lowest BCUT2D eigenvalue weighted by molar-refractivity contribution is 0.102. The van der Waals surface area contributed by atoms with Gasteiger partial charge in [0.25, 0.3) is 11.5 Å². The molecule has 0 aliphatic rings. The van der Waals surface area contributed by atoms with Crippen molar-refractivity contribution in [3.05, 3.63) is 70.0 Å². The van der Waals surface area contributed by atoms with Crippen LogP contribution in [0.25, 0.3) is 10.9 Å². The number of halogens is 1. The molecular formula is C19H18FN3O2. The van der Waals surface area contributed by atoms with E-state index >= 15 is 0 Å². The molecule has 0 saturated carbocycles. The zero-order valence-electron chi connectivity index (χ0n) is 14.0. The average molecular weight is 339 g/mol. The number of anilines is 1. The topological polar surface area (TPSA) is 74.8 Å². The molecule has 128 valence electrons. The van der Waals surface area contributed by atoms with Crippen LogP contribution in [0.4, 0.5) is 10.1 Å². The third-order valence-corrected chi connectivity index (χ3v) is 3.72. The molecule has 0 spiro atoms. The molecule has 6 heteroatoms. The second kappa shape index (κ2) is 6.84. The first kappa shape index (κ1) is 16.8. The number of rotatable bonds is 4. The lowest BCUT2D eigenvalue weighted by Gasteiger charge is -2.08. The van der Waals surface area contributed by atoms with Gasteiger partial charge in [0.1, 0.15) is 11.6 Å². The molecule has 3 aromatic rings. The first-order chi connectivity index (χ1) is 11.9. The van der Waals surface area contributed by atoms with Crippen LogP contribution in [0, 0.1) is 11.7 Å². The summed E-state index contributed by atoms with van der Waals surface area (Å²) in [7, 11) is 0. The van der Waals surface area contributed by atoms with Crippen LogP contribution in [0.2, 0.25) is 0 Å². The van der Waals surface area contributed by atoms with Gasteiger partial charge in [0.05, 0.1) is 10.9 Å². The highest BCUT2D eigenvalue weighted by molar-refractivity contribution is 6.06. The Labute approximate surface area is 143 Å². The van der Waals surface area contributed by atoms with Crippen molar-refractivity contribution in [1.82, 2.24) is 9.97 Å². The van der Waals surface area contributed by atoms with Crippen LogP contribution in [-0.2, 0) is 6.42 Å². The summed E-state index contributed by atoms with van der Waals surface area (Å²) in [5.74, 6) is 0.236. The molecule has 0 radical (unpaired) electrons. The largest absolute Gasteiger partial charge is 0.322 e. The summed E-state index contributed by atoms with van der Waals surface area (Å²) in [6.07, 6.45) is 0.650. The Morgan fingerprint density at radius 3 is 2.60 bits per heavy atom. The molecule has 0 saturated heterocycles. The van der Waals surface area contributed by atoms with Gasteiger partial charge < -0.3 is 10.3 Å². The van der Waals surface area contributed by atoms with E-state index in [9.17, 15) is 14.0 Å². The van der Waals surface area contributed by atoms with Gasteiger partial charge in [-0.25, -0.2) is 9.37 Å². The van der Waals surface area contributed by atoms with E-state index < -0.39 is 0 Å². The van der Waals surface area contributed by atoms with Crippen molar-refractivity contribution in [3.63, 3.8) is 0 Å². The molecule has 1 heterocycles. The highest BCUT2D eigenvalue weighted by Gasteiger charge is 2.11. The first-order valence-corrected chi connectivity index (χ1v) is 8.02. The van der Waals surface area contributed by atoms with E-state index in [4.69, 9.17) is 0 Å². The number of nitrogens with one attached hydrogen (secondary N) is 2. The molecular weight excluding hydrogens is 321 g/mol. The van der Waals surface area contributed by atoms with Gasteiger partial charge in [-0.2, -0.15) is 0 Å². The minimum absolute atomic E-state index is 0.217. The first-order valence-electron chi connectivity index (χ1n) is 8.02. The van der Waals surface area contributed by atoms with Crippen molar-refractivity contribution in [3.8, 4) is 0 Å².